The van der Waals surface area contributed by atoms with E-state index in [4.69, 9.17) is 0 Å². The quantitative estimate of drug-likeness (QED) is 0.391. The fourth-order valence-electron chi connectivity index (χ4n) is 6.58. The van der Waals surface area contributed by atoms with Crippen molar-refractivity contribution in [2.24, 2.45) is 17.3 Å². The molecule has 3 atom stereocenters. The highest BCUT2D eigenvalue weighted by atomic mass is 16.3. The molecule has 29 heavy (non-hydrogen) atoms. The van der Waals surface area contributed by atoms with Crippen molar-refractivity contribution >= 4 is 0 Å². The summed E-state index contributed by atoms with van der Waals surface area (Å²) in [6.45, 7) is 9.12. The Kier molecular flexibility index (Phi) is 5.34. The molecule has 2 heteroatoms. The molecule has 2 saturated carbocycles. The lowest BCUT2D eigenvalue weighted by Crippen LogP contribution is -2.50. The van der Waals surface area contributed by atoms with E-state index in [1.54, 1.807) is 0 Å². The van der Waals surface area contributed by atoms with Crippen LogP contribution in [0.4, 0.5) is 0 Å². The second-order valence-corrected chi connectivity index (χ2v) is 10.5. The maximum absolute atomic E-state index is 11.1. The van der Waals surface area contributed by atoms with Crippen molar-refractivity contribution in [2.75, 3.05) is 0 Å². The van der Waals surface area contributed by atoms with Crippen LogP contribution in [-0.2, 0) is 5.41 Å². The molecular weight excluding hydrogens is 356 g/mol. The zero-order valence-electron chi connectivity index (χ0n) is 18.7. The van der Waals surface area contributed by atoms with Gasteiger partial charge in [-0.3, -0.25) is 0 Å². The Morgan fingerprint density at radius 3 is 2.31 bits per heavy atom. The normalized spacial score (nSPS) is 29.7. The average Bonchev–Trinajstić information content (AvgIpc) is 3.14. The Morgan fingerprint density at radius 1 is 1.10 bits per heavy atom. The Bertz CT molecular complexity index is 800. The van der Waals surface area contributed by atoms with Gasteiger partial charge >= 0.3 is 0 Å². The third-order valence-electron chi connectivity index (χ3n) is 8.47. The summed E-state index contributed by atoms with van der Waals surface area (Å²) >= 11 is 0. The first-order valence-electron chi connectivity index (χ1n) is 11.7. The van der Waals surface area contributed by atoms with Crippen LogP contribution in [0.5, 0.6) is 11.5 Å². The molecule has 2 bridgehead atoms. The molecule has 4 aliphatic rings. The summed E-state index contributed by atoms with van der Waals surface area (Å²) in [6.07, 6.45) is 16.3. The van der Waals surface area contributed by atoms with Crippen LogP contribution in [0.1, 0.15) is 96.1 Å². The summed E-state index contributed by atoms with van der Waals surface area (Å²) in [5, 5.41) is 22.2. The van der Waals surface area contributed by atoms with E-state index < -0.39 is 0 Å². The largest absolute Gasteiger partial charge is 0.507 e. The van der Waals surface area contributed by atoms with E-state index in [0.29, 0.717) is 11.8 Å². The molecule has 0 saturated heterocycles. The molecule has 2 nitrogen and oxygen atoms in total. The van der Waals surface area contributed by atoms with E-state index >= 15 is 0 Å². The van der Waals surface area contributed by atoms with E-state index in [-0.39, 0.29) is 28.2 Å². The predicted octanol–water partition coefficient (Wildman–Crippen LogP) is 7.36. The van der Waals surface area contributed by atoms with Gasteiger partial charge in [-0.15, -0.1) is 0 Å². The fourth-order valence-corrected chi connectivity index (χ4v) is 6.58. The van der Waals surface area contributed by atoms with Crippen LogP contribution in [0, 0.1) is 17.3 Å². The first-order valence-corrected chi connectivity index (χ1v) is 11.7. The minimum atomic E-state index is -0.0274. The highest BCUT2D eigenvalue weighted by Gasteiger charge is 2.55. The minimum absolute atomic E-state index is 0.0274. The second kappa shape index (κ2) is 7.52. The fraction of sp³-hybridized carbons (Fsp3) is 0.630. The van der Waals surface area contributed by atoms with Crippen molar-refractivity contribution in [3.63, 3.8) is 0 Å². The SMILES string of the molecule is CCCC/C=C\C1(c2cc(O)c([C@H]3C=C(C)[C@H]4C[C@@H]3C4(C)C)c(O)c2)CCCC1. The number of hydrogen-bond donors (Lipinski definition) is 2. The van der Waals surface area contributed by atoms with Crippen LogP contribution < -0.4 is 0 Å². The number of benzene rings is 1. The van der Waals surface area contributed by atoms with Crippen molar-refractivity contribution in [1.82, 2.24) is 0 Å². The molecule has 158 valence electrons. The summed E-state index contributed by atoms with van der Waals surface area (Å²) in [7, 11) is 0. The molecule has 0 aromatic heterocycles. The number of fused-ring (bicyclic) bond motifs is 1. The third kappa shape index (κ3) is 3.33. The highest BCUT2D eigenvalue weighted by molar-refractivity contribution is 5.54. The van der Waals surface area contributed by atoms with Gasteiger partial charge in [-0.1, -0.05) is 70.3 Å². The predicted molar refractivity (Wildman–Crippen MR) is 120 cm³/mol. The van der Waals surface area contributed by atoms with Crippen LogP contribution in [0.2, 0.25) is 0 Å². The van der Waals surface area contributed by atoms with Gasteiger partial charge in [-0.05, 0) is 67.6 Å². The van der Waals surface area contributed by atoms with E-state index in [2.05, 4.69) is 45.9 Å². The maximum atomic E-state index is 11.1. The van der Waals surface area contributed by atoms with Crippen molar-refractivity contribution in [3.05, 3.63) is 47.1 Å². The summed E-state index contributed by atoms with van der Waals surface area (Å²) in [5.74, 6) is 1.83. The molecule has 4 aliphatic carbocycles. The number of phenols is 2. The highest BCUT2D eigenvalue weighted by Crippen LogP contribution is 2.65. The van der Waals surface area contributed by atoms with Gasteiger partial charge < -0.3 is 10.2 Å². The maximum Gasteiger partial charge on any atom is 0.123 e. The van der Waals surface area contributed by atoms with E-state index in [1.165, 1.54) is 37.7 Å². The lowest BCUT2D eigenvalue weighted by atomic mass is 9.45. The molecule has 0 amide bonds. The van der Waals surface area contributed by atoms with Crippen LogP contribution in [0.15, 0.2) is 35.9 Å². The molecule has 0 heterocycles. The summed E-state index contributed by atoms with van der Waals surface area (Å²) < 4.78 is 0. The second-order valence-electron chi connectivity index (χ2n) is 10.5. The Labute approximate surface area is 176 Å². The molecule has 5 rings (SSSR count). The zero-order valence-corrected chi connectivity index (χ0v) is 18.7. The first-order chi connectivity index (χ1) is 13.8. The lowest BCUT2D eigenvalue weighted by Gasteiger charge is -2.59. The van der Waals surface area contributed by atoms with Gasteiger partial charge in [0.05, 0.1) is 0 Å². The van der Waals surface area contributed by atoms with Gasteiger partial charge in [0, 0.05) is 16.9 Å². The first kappa shape index (κ1) is 20.6. The van der Waals surface area contributed by atoms with Gasteiger partial charge in [0.2, 0.25) is 0 Å². The Hall–Kier alpha value is -1.70. The van der Waals surface area contributed by atoms with Crippen molar-refractivity contribution < 1.29 is 10.2 Å². The number of hydrogen-bond acceptors (Lipinski definition) is 2. The number of allylic oxidation sites excluding steroid dienone is 4. The van der Waals surface area contributed by atoms with Gasteiger partial charge in [0.15, 0.2) is 0 Å². The van der Waals surface area contributed by atoms with Gasteiger partial charge in [0.25, 0.3) is 0 Å². The van der Waals surface area contributed by atoms with Crippen molar-refractivity contribution in [1.29, 1.82) is 0 Å². The lowest BCUT2D eigenvalue weighted by molar-refractivity contribution is -0.0198. The molecule has 0 spiro atoms. The molecule has 2 N–H and O–H groups in total. The van der Waals surface area contributed by atoms with Gasteiger partial charge in [0.1, 0.15) is 11.5 Å². The number of unbranched alkanes of at least 4 members (excludes halogenated alkanes) is 2. The third-order valence-corrected chi connectivity index (χ3v) is 8.47. The Balaban J connectivity index is 1.69. The standard InChI is InChI=1S/C27H38O2/c1-5-6-7-8-11-27(12-9-10-13-27)19-15-23(28)25(24(29)16-19)20-14-18(2)21-17-22(20)26(21,3)4/h8,11,14-16,20-22,28-29H,5-7,9-10,12-13,17H2,1-4H3/b11-8-/t20-,21+,22-/m0/s1. The molecular formula is C27H38O2. The molecule has 0 radical (unpaired) electrons. The van der Waals surface area contributed by atoms with Gasteiger partial charge in [-0.25, -0.2) is 0 Å². The molecule has 0 unspecified atom stereocenters. The average molecular weight is 395 g/mol. The van der Waals surface area contributed by atoms with Crippen LogP contribution in [-0.4, -0.2) is 10.2 Å². The van der Waals surface area contributed by atoms with E-state index in [0.717, 1.165) is 30.4 Å². The van der Waals surface area contributed by atoms with Crippen LogP contribution in [0.3, 0.4) is 0 Å². The van der Waals surface area contributed by atoms with Gasteiger partial charge in [-0.2, -0.15) is 0 Å². The minimum Gasteiger partial charge on any atom is -0.507 e. The van der Waals surface area contributed by atoms with E-state index in [1.807, 2.05) is 12.1 Å². The monoisotopic (exact) mass is 394 g/mol. The van der Waals surface area contributed by atoms with E-state index in [9.17, 15) is 10.2 Å². The molecule has 0 aliphatic heterocycles. The zero-order chi connectivity index (χ0) is 20.8. The number of phenolic OH excluding ortho intramolecular Hbond substituents is 2. The molecule has 1 aromatic rings. The van der Waals surface area contributed by atoms with Crippen LogP contribution >= 0.6 is 0 Å². The number of rotatable bonds is 6. The number of aromatic hydroxyl groups is 2. The molecule has 1 aromatic carbocycles. The smallest absolute Gasteiger partial charge is 0.123 e. The molecule has 2 fully saturated rings. The Morgan fingerprint density at radius 2 is 1.76 bits per heavy atom. The van der Waals surface area contributed by atoms with Crippen LogP contribution in [0.25, 0.3) is 0 Å². The van der Waals surface area contributed by atoms with Crippen molar-refractivity contribution in [2.45, 2.75) is 90.4 Å². The van der Waals surface area contributed by atoms with Crippen molar-refractivity contribution in [3.8, 4) is 11.5 Å². The summed E-state index contributed by atoms with van der Waals surface area (Å²) in [6, 6.07) is 3.93. The summed E-state index contributed by atoms with van der Waals surface area (Å²) in [5.41, 5.74) is 3.46. The topological polar surface area (TPSA) is 40.5 Å². The summed E-state index contributed by atoms with van der Waals surface area (Å²) in [4.78, 5) is 0.